The molecule has 2 aliphatic carbocycles. The molecule has 1 nitrogen and oxygen atoms in total. The molecule has 3 rings (SSSR count). The van der Waals surface area contributed by atoms with Gasteiger partial charge in [-0.25, -0.2) is 0 Å². The highest BCUT2D eigenvalue weighted by molar-refractivity contribution is 5.32. The highest BCUT2D eigenvalue weighted by atomic mass is 16.3. The van der Waals surface area contributed by atoms with Crippen molar-refractivity contribution in [2.24, 2.45) is 17.8 Å². The highest BCUT2D eigenvalue weighted by Crippen LogP contribution is 2.62. The molecular weight excluding hydrogens is 196 g/mol. The first kappa shape index (κ1) is 10.3. The van der Waals surface area contributed by atoms with Crippen LogP contribution in [0.4, 0.5) is 0 Å². The summed E-state index contributed by atoms with van der Waals surface area (Å²) in [6.07, 6.45) is 3.86. The second-order valence-corrected chi connectivity index (χ2v) is 5.62. The fourth-order valence-corrected chi connectivity index (χ4v) is 3.52. The van der Waals surface area contributed by atoms with E-state index >= 15 is 0 Å². The van der Waals surface area contributed by atoms with E-state index in [1.165, 1.54) is 30.4 Å². The van der Waals surface area contributed by atoms with E-state index in [4.69, 9.17) is 0 Å². The molecule has 1 heteroatoms. The molecule has 0 saturated heterocycles. The molecule has 0 spiro atoms. The monoisotopic (exact) mass is 216 g/mol. The predicted molar refractivity (Wildman–Crippen MR) is 65.2 cm³/mol. The number of hydrogen-bond acceptors (Lipinski definition) is 1. The standard InChI is InChI=1S/C15H20O/c1-9-6-7-11(8-10(9)2)15(16)14-12-4-3-5-13(12)14/h6-8,12-16H,3-5H2,1-2H3. The van der Waals surface area contributed by atoms with Crippen LogP contribution in [0.15, 0.2) is 18.2 Å². The van der Waals surface area contributed by atoms with Gasteiger partial charge in [0.2, 0.25) is 0 Å². The van der Waals surface area contributed by atoms with E-state index in [9.17, 15) is 5.11 Å². The lowest BCUT2D eigenvalue weighted by molar-refractivity contribution is 0.137. The van der Waals surface area contributed by atoms with Crippen molar-refractivity contribution in [3.63, 3.8) is 0 Å². The average molecular weight is 216 g/mol. The van der Waals surface area contributed by atoms with Gasteiger partial charge in [0.1, 0.15) is 0 Å². The zero-order valence-corrected chi connectivity index (χ0v) is 10.1. The summed E-state index contributed by atoms with van der Waals surface area (Å²) in [6.45, 7) is 4.25. The predicted octanol–water partition coefficient (Wildman–Crippen LogP) is 3.38. The molecule has 0 bridgehead atoms. The van der Waals surface area contributed by atoms with Crippen LogP contribution in [0.3, 0.4) is 0 Å². The zero-order valence-electron chi connectivity index (χ0n) is 10.1. The first-order valence-electron chi connectivity index (χ1n) is 6.43. The fourth-order valence-electron chi connectivity index (χ4n) is 3.52. The molecule has 2 fully saturated rings. The molecule has 3 unspecified atom stereocenters. The van der Waals surface area contributed by atoms with Gasteiger partial charge in [-0.1, -0.05) is 24.6 Å². The van der Waals surface area contributed by atoms with E-state index < -0.39 is 0 Å². The Kier molecular flexibility index (Phi) is 2.32. The van der Waals surface area contributed by atoms with Crippen LogP contribution in [-0.2, 0) is 0 Å². The van der Waals surface area contributed by atoms with E-state index in [1.54, 1.807) is 0 Å². The Morgan fingerprint density at radius 3 is 2.44 bits per heavy atom. The Morgan fingerprint density at radius 2 is 1.81 bits per heavy atom. The third-order valence-electron chi connectivity index (χ3n) is 4.71. The van der Waals surface area contributed by atoms with E-state index in [0.29, 0.717) is 5.92 Å². The summed E-state index contributed by atoms with van der Waals surface area (Å²) >= 11 is 0. The largest absolute Gasteiger partial charge is 0.388 e. The SMILES string of the molecule is Cc1ccc(C(O)C2C3CCCC32)cc1C. The minimum absolute atomic E-state index is 0.213. The van der Waals surface area contributed by atoms with Crippen LogP contribution in [0.1, 0.15) is 42.1 Å². The third kappa shape index (κ3) is 1.49. The summed E-state index contributed by atoms with van der Waals surface area (Å²) in [6, 6.07) is 6.39. The molecule has 86 valence electrons. The van der Waals surface area contributed by atoms with Crippen molar-refractivity contribution in [3.8, 4) is 0 Å². The summed E-state index contributed by atoms with van der Waals surface area (Å²) in [5, 5.41) is 10.4. The van der Waals surface area contributed by atoms with Gasteiger partial charge in [-0.05, 0) is 61.1 Å². The molecule has 1 aromatic rings. The minimum Gasteiger partial charge on any atom is -0.388 e. The van der Waals surface area contributed by atoms with Crippen LogP contribution >= 0.6 is 0 Å². The van der Waals surface area contributed by atoms with Gasteiger partial charge in [-0.15, -0.1) is 0 Å². The van der Waals surface area contributed by atoms with E-state index in [0.717, 1.165) is 17.4 Å². The van der Waals surface area contributed by atoms with E-state index in [-0.39, 0.29) is 6.10 Å². The molecule has 2 saturated carbocycles. The van der Waals surface area contributed by atoms with E-state index in [1.807, 2.05) is 0 Å². The number of aliphatic hydroxyl groups is 1. The molecule has 0 heterocycles. The third-order valence-corrected chi connectivity index (χ3v) is 4.71. The van der Waals surface area contributed by atoms with Crippen LogP contribution in [0.25, 0.3) is 0 Å². The second kappa shape index (κ2) is 3.59. The molecule has 16 heavy (non-hydrogen) atoms. The zero-order chi connectivity index (χ0) is 11.3. The van der Waals surface area contributed by atoms with Gasteiger partial charge in [-0.3, -0.25) is 0 Å². The lowest BCUT2D eigenvalue weighted by Gasteiger charge is -2.14. The number of aliphatic hydroxyl groups excluding tert-OH is 1. The maximum Gasteiger partial charge on any atom is 0.0823 e. The smallest absolute Gasteiger partial charge is 0.0823 e. The quantitative estimate of drug-likeness (QED) is 0.803. The normalized spacial score (nSPS) is 33.6. The Balaban J connectivity index is 1.79. The van der Waals surface area contributed by atoms with Gasteiger partial charge in [-0.2, -0.15) is 0 Å². The van der Waals surface area contributed by atoms with Crippen molar-refractivity contribution < 1.29 is 5.11 Å². The first-order chi connectivity index (χ1) is 7.68. The maximum absolute atomic E-state index is 10.4. The number of fused-ring (bicyclic) bond motifs is 1. The summed E-state index contributed by atoms with van der Waals surface area (Å²) in [7, 11) is 0. The molecule has 0 aliphatic heterocycles. The topological polar surface area (TPSA) is 20.2 Å². The molecule has 0 aromatic heterocycles. The lowest BCUT2D eigenvalue weighted by atomic mass is 9.97. The van der Waals surface area contributed by atoms with Gasteiger partial charge < -0.3 is 5.11 Å². The van der Waals surface area contributed by atoms with Gasteiger partial charge >= 0.3 is 0 Å². The number of hydrogen-bond donors (Lipinski definition) is 1. The van der Waals surface area contributed by atoms with Crippen molar-refractivity contribution in [1.29, 1.82) is 0 Å². The Labute approximate surface area is 97.5 Å². The van der Waals surface area contributed by atoms with Gasteiger partial charge in [0, 0.05) is 0 Å². The first-order valence-corrected chi connectivity index (χ1v) is 6.43. The van der Waals surface area contributed by atoms with Crippen LogP contribution < -0.4 is 0 Å². The summed E-state index contributed by atoms with van der Waals surface area (Å²) in [5.74, 6) is 2.23. The van der Waals surface area contributed by atoms with Crippen molar-refractivity contribution in [1.82, 2.24) is 0 Å². The summed E-state index contributed by atoms with van der Waals surface area (Å²) in [5.41, 5.74) is 3.73. The number of benzene rings is 1. The number of rotatable bonds is 2. The summed E-state index contributed by atoms with van der Waals surface area (Å²) in [4.78, 5) is 0. The molecule has 0 radical (unpaired) electrons. The van der Waals surface area contributed by atoms with Crippen molar-refractivity contribution in [2.45, 2.75) is 39.2 Å². The molecular formula is C15H20O. The van der Waals surface area contributed by atoms with Crippen LogP contribution in [0.5, 0.6) is 0 Å². The molecule has 1 N–H and O–H groups in total. The highest BCUT2D eigenvalue weighted by Gasteiger charge is 2.55. The minimum atomic E-state index is -0.213. The van der Waals surface area contributed by atoms with E-state index in [2.05, 4.69) is 32.0 Å². The molecule has 2 aliphatic rings. The Morgan fingerprint density at radius 1 is 1.12 bits per heavy atom. The Hall–Kier alpha value is -0.820. The van der Waals surface area contributed by atoms with Crippen LogP contribution in [0, 0.1) is 31.6 Å². The average Bonchev–Trinajstić information content (AvgIpc) is 2.74. The van der Waals surface area contributed by atoms with Crippen molar-refractivity contribution in [2.75, 3.05) is 0 Å². The fraction of sp³-hybridized carbons (Fsp3) is 0.600. The van der Waals surface area contributed by atoms with Gasteiger partial charge in [0.15, 0.2) is 0 Å². The lowest BCUT2D eigenvalue weighted by Crippen LogP contribution is -2.04. The van der Waals surface area contributed by atoms with Crippen molar-refractivity contribution in [3.05, 3.63) is 34.9 Å². The molecule has 1 aromatic carbocycles. The van der Waals surface area contributed by atoms with Crippen molar-refractivity contribution >= 4 is 0 Å². The van der Waals surface area contributed by atoms with Crippen LogP contribution in [-0.4, -0.2) is 5.11 Å². The molecule has 0 amide bonds. The molecule has 3 atom stereocenters. The van der Waals surface area contributed by atoms with Gasteiger partial charge in [0.25, 0.3) is 0 Å². The summed E-state index contributed by atoms with van der Waals surface area (Å²) < 4.78 is 0. The second-order valence-electron chi connectivity index (χ2n) is 5.62. The van der Waals surface area contributed by atoms with Crippen LogP contribution in [0.2, 0.25) is 0 Å². The number of aryl methyl sites for hydroxylation is 2. The maximum atomic E-state index is 10.4. The van der Waals surface area contributed by atoms with Gasteiger partial charge in [0.05, 0.1) is 6.10 Å². The Bertz CT molecular complexity index is 400.